The van der Waals surface area contributed by atoms with E-state index >= 15 is 0 Å². The van der Waals surface area contributed by atoms with E-state index in [0.29, 0.717) is 25.4 Å². The molecule has 0 amide bonds. The number of hydrogen-bond acceptors (Lipinski definition) is 4. The van der Waals surface area contributed by atoms with Gasteiger partial charge in [-0.15, -0.1) is 0 Å². The molecule has 2 unspecified atom stereocenters. The van der Waals surface area contributed by atoms with E-state index in [2.05, 4.69) is 12.2 Å². The average Bonchev–Trinajstić information content (AvgIpc) is 2.74. The van der Waals surface area contributed by atoms with Gasteiger partial charge in [0.25, 0.3) is 0 Å². The minimum atomic E-state index is -0.450. The minimum Gasteiger partial charge on any atom is -0.490 e. The van der Waals surface area contributed by atoms with Crippen molar-refractivity contribution in [1.29, 1.82) is 0 Å². The normalized spacial score (nSPS) is 23.6. The number of nitrogens with one attached hydrogen (secondary N) is 1. The minimum absolute atomic E-state index is 0.193. The van der Waals surface area contributed by atoms with Crippen molar-refractivity contribution < 1.29 is 14.6 Å². The summed E-state index contributed by atoms with van der Waals surface area (Å²) in [6, 6.07) is 7.58. The SMILES string of the molecule is CCCOc1ccccc1OC1CNCC1O. The van der Waals surface area contributed by atoms with Crippen molar-refractivity contribution in [3.05, 3.63) is 24.3 Å². The van der Waals surface area contributed by atoms with Crippen LogP contribution in [0.15, 0.2) is 24.3 Å². The van der Waals surface area contributed by atoms with Gasteiger partial charge in [-0.25, -0.2) is 0 Å². The molecule has 0 bridgehead atoms. The van der Waals surface area contributed by atoms with Crippen LogP contribution in [0.25, 0.3) is 0 Å². The molecule has 1 aromatic rings. The molecule has 1 aromatic carbocycles. The maximum absolute atomic E-state index is 9.69. The molecule has 0 aromatic heterocycles. The number of rotatable bonds is 5. The summed E-state index contributed by atoms with van der Waals surface area (Å²) in [4.78, 5) is 0. The van der Waals surface area contributed by atoms with Gasteiger partial charge < -0.3 is 19.9 Å². The molecule has 1 heterocycles. The molecule has 0 radical (unpaired) electrons. The summed E-state index contributed by atoms with van der Waals surface area (Å²) in [5.41, 5.74) is 0. The van der Waals surface area contributed by atoms with Crippen molar-refractivity contribution >= 4 is 0 Å². The molecule has 0 spiro atoms. The zero-order chi connectivity index (χ0) is 12.1. The third-order valence-electron chi connectivity index (χ3n) is 2.72. The van der Waals surface area contributed by atoms with Gasteiger partial charge >= 0.3 is 0 Å². The molecule has 1 saturated heterocycles. The van der Waals surface area contributed by atoms with E-state index in [4.69, 9.17) is 9.47 Å². The van der Waals surface area contributed by atoms with E-state index in [1.54, 1.807) is 0 Å². The van der Waals surface area contributed by atoms with Gasteiger partial charge in [-0.1, -0.05) is 19.1 Å². The van der Waals surface area contributed by atoms with Crippen molar-refractivity contribution in [2.24, 2.45) is 0 Å². The first-order valence-corrected chi connectivity index (χ1v) is 6.08. The third-order valence-corrected chi connectivity index (χ3v) is 2.72. The van der Waals surface area contributed by atoms with Gasteiger partial charge in [0.15, 0.2) is 11.5 Å². The summed E-state index contributed by atoms with van der Waals surface area (Å²) in [5, 5.41) is 12.8. The Labute approximate surface area is 102 Å². The van der Waals surface area contributed by atoms with Gasteiger partial charge in [0, 0.05) is 13.1 Å². The van der Waals surface area contributed by atoms with E-state index in [1.165, 1.54) is 0 Å². The van der Waals surface area contributed by atoms with Crippen molar-refractivity contribution in [2.75, 3.05) is 19.7 Å². The van der Waals surface area contributed by atoms with Gasteiger partial charge in [-0.2, -0.15) is 0 Å². The largest absolute Gasteiger partial charge is 0.490 e. The summed E-state index contributed by atoms with van der Waals surface area (Å²) in [5.74, 6) is 1.45. The fourth-order valence-electron chi connectivity index (χ4n) is 1.80. The quantitative estimate of drug-likeness (QED) is 0.807. The van der Waals surface area contributed by atoms with Crippen molar-refractivity contribution in [3.8, 4) is 11.5 Å². The van der Waals surface area contributed by atoms with Crippen LogP contribution < -0.4 is 14.8 Å². The highest BCUT2D eigenvalue weighted by atomic mass is 16.5. The lowest BCUT2D eigenvalue weighted by atomic mass is 10.2. The van der Waals surface area contributed by atoms with Crippen LogP contribution in [-0.4, -0.2) is 37.0 Å². The van der Waals surface area contributed by atoms with E-state index in [9.17, 15) is 5.11 Å². The Balaban J connectivity index is 2.03. The van der Waals surface area contributed by atoms with Gasteiger partial charge in [-0.05, 0) is 18.6 Å². The second-order valence-corrected chi connectivity index (χ2v) is 4.18. The van der Waals surface area contributed by atoms with Crippen LogP contribution in [0.3, 0.4) is 0 Å². The van der Waals surface area contributed by atoms with Gasteiger partial charge in [0.1, 0.15) is 12.2 Å². The molecule has 94 valence electrons. The van der Waals surface area contributed by atoms with Crippen molar-refractivity contribution in [1.82, 2.24) is 5.32 Å². The molecule has 1 aliphatic rings. The van der Waals surface area contributed by atoms with E-state index in [-0.39, 0.29) is 6.10 Å². The molecule has 0 saturated carbocycles. The van der Waals surface area contributed by atoms with E-state index in [1.807, 2.05) is 24.3 Å². The van der Waals surface area contributed by atoms with E-state index in [0.717, 1.165) is 12.2 Å². The standard InChI is InChI=1S/C13H19NO3/c1-2-7-16-11-5-3-4-6-12(11)17-13-9-14-8-10(13)15/h3-6,10,13-15H,2,7-9H2,1H3. The van der Waals surface area contributed by atoms with Crippen LogP contribution in [0.5, 0.6) is 11.5 Å². The monoisotopic (exact) mass is 237 g/mol. The number of aliphatic hydroxyl groups is 1. The zero-order valence-electron chi connectivity index (χ0n) is 10.1. The smallest absolute Gasteiger partial charge is 0.161 e. The molecule has 2 rings (SSSR count). The second-order valence-electron chi connectivity index (χ2n) is 4.18. The second kappa shape index (κ2) is 5.89. The number of benzene rings is 1. The predicted octanol–water partition coefficient (Wildman–Crippen LogP) is 1.19. The first-order chi connectivity index (χ1) is 8.31. The van der Waals surface area contributed by atoms with E-state index < -0.39 is 6.10 Å². The zero-order valence-corrected chi connectivity index (χ0v) is 10.1. The molecule has 17 heavy (non-hydrogen) atoms. The topological polar surface area (TPSA) is 50.7 Å². The number of hydrogen-bond donors (Lipinski definition) is 2. The Bertz CT molecular complexity index is 356. The predicted molar refractivity (Wildman–Crippen MR) is 65.5 cm³/mol. The lowest BCUT2D eigenvalue weighted by Crippen LogP contribution is -2.30. The number of aliphatic hydroxyl groups excluding tert-OH is 1. The fraction of sp³-hybridized carbons (Fsp3) is 0.538. The van der Waals surface area contributed by atoms with Gasteiger partial charge in [-0.3, -0.25) is 0 Å². The number of para-hydroxylation sites is 2. The van der Waals surface area contributed by atoms with Crippen LogP contribution in [0.1, 0.15) is 13.3 Å². The van der Waals surface area contributed by atoms with Crippen molar-refractivity contribution in [3.63, 3.8) is 0 Å². The Kier molecular flexibility index (Phi) is 4.23. The lowest BCUT2D eigenvalue weighted by Gasteiger charge is -2.18. The number of ether oxygens (including phenoxy) is 2. The molecule has 0 aliphatic carbocycles. The summed E-state index contributed by atoms with van der Waals surface area (Å²) in [6.07, 6.45) is 0.317. The first kappa shape index (κ1) is 12.2. The highest BCUT2D eigenvalue weighted by Gasteiger charge is 2.27. The summed E-state index contributed by atoms with van der Waals surface area (Å²) in [7, 11) is 0. The van der Waals surface area contributed by atoms with Gasteiger partial charge in [0.2, 0.25) is 0 Å². The van der Waals surface area contributed by atoms with Crippen LogP contribution >= 0.6 is 0 Å². The molecule has 1 aliphatic heterocycles. The Morgan fingerprint density at radius 2 is 2.06 bits per heavy atom. The molecule has 2 N–H and O–H groups in total. The third kappa shape index (κ3) is 3.11. The highest BCUT2D eigenvalue weighted by Crippen LogP contribution is 2.28. The Morgan fingerprint density at radius 3 is 2.71 bits per heavy atom. The summed E-state index contributed by atoms with van der Waals surface area (Å²) in [6.45, 7) is 3.99. The molecule has 1 fully saturated rings. The van der Waals surface area contributed by atoms with Crippen LogP contribution in [-0.2, 0) is 0 Å². The highest BCUT2D eigenvalue weighted by molar-refractivity contribution is 5.39. The molecule has 2 atom stereocenters. The summed E-state index contributed by atoms with van der Waals surface area (Å²) >= 11 is 0. The Morgan fingerprint density at radius 1 is 1.29 bits per heavy atom. The molecular formula is C13H19NO3. The maximum atomic E-state index is 9.69. The Hall–Kier alpha value is -1.26. The maximum Gasteiger partial charge on any atom is 0.161 e. The fourth-order valence-corrected chi connectivity index (χ4v) is 1.80. The van der Waals surface area contributed by atoms with Crippen LogP contribution in [0.4, 0.5) is 0 Å². The molecular weight excluding hydrogens is 218 g/mol. The van der Waals surface area contributed by atoms with Crippen molar-refractivity contribution in [2.45, 2.75) is 25.6 Å². The summed E-state index contributed by atoms with van der Waals surface area (Å²) < 4.78 is 11.4. The first-order valence-electron chi connectivity index (χ1n) is 6.08. The number of β-amino-alcohol motifs (C(OH)–C–C–N with tert-alkyl or cyclic N) is 1. The lowest BCUT2D eigenvalue weighted by molar-refractivity contribution is 0.0712. The molecule has 4 nitrogen and oxygen atoms in total. The van der Waals surface area contributed by atoms with Crippen LogP contribution in [0.2, 0.25) is 0 Å². The van der Waals surface area contributed by atoms with Gasteiger partial charge in [0.05, 0.1) is 6.61 Å². The van der Waals surface area contributed by atoms with Crippen LogP contribution in [0, 0.1) is 0 Å². The molecule has 4 heteroatoms. The average molecular weight is 237 g/mol.